The van der Waals surface area contributed by atoms with Gasteiger partial charge < -0.3 is 10.6 Å². The van der Waals surface area contributed by atoms with Crippen LogP contribution < -0.4 is 5.73 Å². The average molecular weight is 287 g/mol. The van der Waals surface area contributed by atoms with Gasteiger partial charge in [-0.1, -0.05) is 0 Å². The number of fused-ring (bicyclic) bond motifs is 1. The smallest absolute Gasteiger partial charge is 0.254 e. The van der Waals surface area contributed by atoms with Crippen LogP contribution in [0.2, 0.25) is 0 Å². The standard InChI is InChI=1S/C14H17N5O2/c1-9(20)18-7-3-2-4-11(18)12-5-6-16-14-10(13(15)21)8-17-19(12)14/h5-6,8,11H,2-4,7H2,1H3,(H2,15,21)/t11-/m0/s1. The number of nitrogens with two attached hydrogens (primary N) is 1. The first-order valence-corrected chi connectivity index (χ1v) is 6.99. The number of piperidine rings is 1. The van der Waals surface area contributed by atoms with Crippen molar-refractivity contribution in [3.05, 3.63) is 29.7 Å². The topological polar surface area (TPSA) is 93.6 Å². The number of hydrogen-bond acceptors (Lipinski definition) is 4. The van der Waals surface area contributed by atoms with Gasteiger partial charge in [-0.2, -0.15) is 5.10 Å². The number of carbonyl (C=O) groups excluding carboxylic acids is 2. The van der Waals surface area contributed by atoms with Crippen LogP contribution in [-0.2, 0) is 4.79 Å². The summed E-state index contributed by atoms with van der Waals surface area (Å²) < 4.78 is 1.62. The van der Waals surface area contributed by atoms with Crippen molar-refractivity contribution in [3.63, 3.8) is 0 Å². The summed E-state index contributed by atoms with van der Waals surface area (Å²) in [7, 11) is 0. The zero-order valence-electron chi connectivity index (χ0n) is 11.8. The monoisotopic (exact) mass is 287 g/mol. The molecular weight excluding hydrogens is 270 g/mol. The quantitative estimate of drug-likeness (QED) is 0.888. The summed E-state index contributed by atoms with van der Waals surface area (Å²) in [6.07, 6.45) is 6.00. The number of rotatable bonds is 2. The van der Waals surface area contributed by atoms with Crippen LogP contribution in [0, 0.1) is 0 Å². The van der Waals surface area contributed by atoms with Crippen molar-refractivity contribution in [3.8, 4) is 0 Å². The van der Waals surface area contributed by atoms with Crippen molar-refractivity contribution < 1.29 is 9.59 Å². The van der Waals surface area contributed by atoms with Crippen LogP contribution in [0.15, 0.2) is 18.5 Å². The van der Waals surface area contributed by atoms with E-state index in [-0.39, 0.29) is 11.9 Å². The number of likely N-dealkylation sites (tertiary alicyclic amines) is 1. The summed E-state index contributed by atoms with van der Waals surface area (Å²) in [5.41, 5.74) is 6.93. The molecule has 0 unspecified atom stereocenters. The molecule has 3 rings (SSSR count). The molecule has 21 heavy (non-hydrogen) atoms. The van der Waals surface area contributed by atoms with E-state index in [2.05, 4.69) is 10.1 Å². The third kappa shape index (κ3) is 2.24. The van der Waals surface area contributed by atoms with Gasteiger partial charge in [0.1, 0.15) is 5.56 Å². The van der Waals surface area contributed by atoms with Crippen LogP contribution >= 0.6 is 0 Å². The van der Waals surface area contributed by atoms with Crippen LogP contribution in [-0.4, -0.2) is 37.9 Å². The number of carbonyl (C=O) groups is 2. The molecule has 2 aromatic rings. The van der Waals surface area contributed by atoms with Crippen LogP contribution in [0.4, 0.5) is 0 Å². The molecule has 2 aromatic heterocycles. The van der Waals surface area contributed by atoms with Crippen molar-refractivity contribution in [1.82, 2.24) is 19.5 Å². The molecule has 0 aromatic carbocycles. The lowest BCUT2D eigenvalue weighted by molar-refractivity contribution is -0.132. The Morgan fingerprint density at radius 3 is 2.90 bits per heavy atom. The van der Waals surface area contributed by atoms with E-state index in [9.17, 15) is 9.59 Å². The SMILES string of the molecule is CC(=O)N1CCCC[C@H]1c1ccnc2c(C(N)=O)cnn12. The molecule has 1 atom stereocenters. The summed E-state index contributed by atoms with van der Waals surface area (Å²) in [5.74, 6) is -0.506. The predicted molar refractivity (Wildman–Crippen MR) is 75.5 cm³/mol. The van der Waals surface area contributed by atoms with Gasteiger partial charge in [0.25, 0.3) is 5.91 Å². The molecule has 1 fully saturated rings. The average Bonchev–Trinajstić information content (AvgIpc) is 2.91. The molecule has 110 valence electrons. The first-order chi connectivity index (χ1) is 10.1. The molecule has 7 heteroatoms. The molecule has 2 amide bonds. The lowest BCUT2D eigenvalue weighted by Gasteiger charge is -2.35. The van der Waals surface area contributed by atoms with Gasteiger partial charge in [0.05, 0.1) is 17.9 Å². The van der Waals surface area contributed by atoms with Crippen LogP contribution in [0.25, 0.3) is 5.65 Å². The van der Waals surface area contributed by atoms with E-state index in [1.165, 1.54) is 6.20 Å². The van der Waals surface area contributed by atoms with E-state index < -0.39 is 5.91 Å². The largest absolute Gasteiger partial charge is 0.365 e. The van der Waals surface area contributed by atoms with Gasteiger partial charge in [-0.15, -0.1) is 0 Å². The first kappa shape index (κ1) is 13.5. The van der Waals surface area contributed by atoms with E-state index >= 15 is 0 Å². The summed E-state index contributed by atoms with van der Waals surface area (Å²) in [6.45, 7) is 2.32. The highest BCUT2D eigenvalue weighted by atomic mass is 16.2. The lowest BCUT2D eigenvalue weighted by atomic mass is 9.99. The maximum absolute atomic E-state index is 11.8. The third-order valence-corrected chi connectivity index (χ3v) is 3.94. The number of primary amides is 1. The van der Waals surface area contributed by atoms with E-state index in [0.29, 0.717) is 11.2 Å². The minimum atomic E-state index is -0.554. The Morgan fingerprint density at radius 2 is 2.19 bits per heavy atom. The molecule has 1 aliphatic heterocycles. The van der Waals surface area contributed by atoms with Crippen LogP contribution in [0.3, 0.4) is 0 Å². The summed E-state index contributed by atoms with van der Waals surface area (Å²) in [5, 5.41) is 4.22. The highest BCUT2D eigenvalue weighted by Crippen LogP contribution is 2.31. The number of nitrogens with zero attached hydrogens (tertiary/aromatic N) is 4. The molecule has 0 bridgehead atoms. The minimum Gasteiger partial charge on any atom is -0.365 e. The summed E-state index contributed by atoms with van der Waals surface area (Å²) in [4.78, 5) is 29.3. The normalized spacial score (nSPS) is 18.9. The highest BCUT2D eigenvalue weighted by molar-refractivity contribution is 5.98. The summed E-state index contributed by atoms with van der Waals surface area (Å²) in [6, 6.07) is 1.80. The van der Waals surface area contributed by atoms with Crippen molar-refractivity contribution >= 4 is 17.5 Å². The van der Waals surface area contributed by atoms with Gasteiger partial charge in [-0.05, 0) is 25.3 Å². The molecule has 7 nitrogen and oxygen atoms in total. The number of hydrogen-bond donors (Lipinski definition) is 1. The van der Waals surface area contributed by atoms with E-state index in [1.807, 2.05) is 11.0 Å². The van der Waals surface area contributed by atoms with Crippen molar-refractivity contribution in [1.29, 1.82) is 0 Å². The molecule has 1 aliphatic rings. The molecule has 0 aliphatic carbocycles. The van der Waals surface area contributed by atoms with Gasteiger partial charge in [-0.3, -0.25) is 9.59 Å². The van der Waals surface area contributed by atoms with Crippen LogP contribution in [0.5, 0.6) is 0 Å². The Morgan fingerprint density at radius 1 is 1.38 bits per heavy atom. The molecule has 0 spiro atoms. The predicted octanol–water partition coefficient (Wildman–Crippen LogP) is 0.902. The Hall–Kier alpha value is -2.44. The van der Waals surface area contributed by atoms with Crippen LogP contribution in [0.1, 0.15) is 48.3 Å². The molecule has 1 saturated heterocycles. The second-order valence-electron chi connectivity index (χ2n) is 5.25. The Balaban J connectivity index is 2.11. The lowest BCUT2D eigenvalue weighted by Crippen LogP contribution is -2.37. The molecular formula is C14H17N5O2. The molecule has 3 heterocycles. The summed E-state index contributed by atoms with van der Waals surface area (Å²) >= 11 is 0. The Kier molecular flexibility index (Phi) is 3.32. The second-order valence-corrected chi connectivity index (χ2v) is 5.25. The molecule has 0 saturated carbocycles. The van der Waals surface area contributed by atoms with Crippen molar-refractivity contribution in [2.45, 2.75) is 32.2 Å². The fraction of sp³-hybridized carbons (Fsp3) is 0.429. The van der Waals surface area contributed by atoms with Crippen molar-refractivity contribution in [2.24, 2.45) is 5.73 Å². The molecule has 0 radical (unpaired) electrons. The Labute approximate surface area is 121 Å². The van der Waals surface area contributed by atoms with Gasteiger partial charge in [0.2, 0.25) is 5.91 Å². The van der Waals surface area contributed by atoms with E-state index in [4.69, 9.17) is 5.73 Å². The van der Waals surface area contributed by atoms with Gasteiger partial charge in [-0.25, -0.2) is 9.50 Å². The van der Waals surface area contributed by atoms with E-state index in [0.717, 1.165) is 31.5 Å². The fourth-order valence-electron chi connectivity index (χ4n) is 2.95. The Bertz CT molecular complexity index is 708. The van der Waals surface area contributed by atoms with Gasteiger partial charge >= 0.3 is 0 Å². The second kappa shape index (κ2) is 5.16. The first-order valence-electron chi connectivity index (χ1n) is 6.99. The fourth-order valence-corrected chi connectivity index (χ4v) is 2.95. The number of aromatic nitrogens is 3. The highest BCUT2D eigenvalue weighted by Gasteiger charge is 2.28. The minimum absolute atomic E-state index is 0.0395. The van der Waals surface area contributed by atoms with Gasteiger partial charge in [0.15, 0.2) is 5.65 Å². The third-order valence-electron chi connectivity index (χ3n) is 3.94. The zero-order chi connectivity index (χ0) is 15.0. The maximum Gasteiger partial charge on any atom is 0.254 e. The molecule has 2 N–H and O–H groups in total. The number of amides is 2. The maximum atomic E-state index is 11.8. The zero-order valence-corrected chi connectivity index (χ0v) is 11.8. The van der Waals surface area contributed by atoms with Gasteiger partial charge in [0, 0.05) is 19.7 Å². The van der Waals surface area contributed by atoms with E-state index in [1.54, 1.807) is 17.6 Å². The van der Waals surface area contributed by atoms with Crippen molar-refractivity contribution in [2.75, 3.05) is 6.54 Å².